The number of hydrogen-bond acceptors (Lipinski definition) is 6. The van der Waals surface area contributed by atoms with Crippen molar-refractivity contribution >= 4 is 24.8 Å². The van der Waals surface area contributed by atoms with Crippen LogP contribution in [0.15, 0.2) is 91.0 Å². The predicted octanol–water partition coefficient (Wildman–Crippen LogP) is 5.18. The van der Waals surface area contributed by atoms with E-state index in [9.17, 15) is 15.0 Å². The van der Waals surface area contributed by atoms with E-state index in [1.807, 2.05) is 87.5 Å². The zero-order valence-corrected chi connectivity index (χ0v) is 27.5. The van der Waals surface area contributed by atoms with Crippen molar-refractivity contribution in [3.05, 3.63) is 96.6 Å². The third-order valence-corrected chi connectivity index (χ3v) is 12.4. The van der Waals surface area contributed by atoms with Crippen LogP contribution in [-0.4, -0.2) is 61.7 Å². The van der Waals surface area contributed by atoms with Crippen LogP contribution >= 0.6 is 0 Å². The molecule has 234 valence electrons. The van der Waals surface area contributed by atoms with Crippen molar-refractivity contribution in [3.63, 3.8) is 0 Å². The Morgan fingerprint density at radius 2 is 1.33 bits per heavy atom. The van der Waals surface area contributed by atoms with Crippen LogP contribution in [0.5, 0.6) is 0 Å². The molecule has 3 atom stereocenters. The van der Waals surface area contributed by atoms with Gasteiger partial charge in [0.2, 0.25) is 0 Å². The van der Waals surface area contributed by atoms with E-state index < -0.39 is 44.9 Å². The topological polar surface area (TPSA) is 97.3 Å². The average Bonchev–Trinajstić information content (AvgIpc) is 2.96. The number of carbonyl (C=O) groups is 1. The molecule has 0 heterocycles. The monoisotopic (exact) mass is 607 g/mol. The molecule has 0 saturated carbocycles. The second kappa shape index (κ2) is 15.6. The Hall–Kier alpha value is -3.01. The number of ether oxygens (including phenoxy) is 2. The van der Waals surface area contributed by atoms with E-state index in [1.165, 1.54) is 0 Å². The van der Waals surface area contributed by atoms with Gasteiger partial charge in [0.25, 0.3) is 8.32 Å². The molecule has 3 aromatic rings. The van der Waals surface area contributed by atoms with Crippen molar-refractivity contribution in [3.8, 4) is 0 Å². The number of hydrogen-bond donors (Lipinski definition) is 3. The van der Waals surface area contributed by atoms with Gasteiger partial charge < -0.3 is 29.4 Å². The molecule has 7 nitrogen and oxygen atoms in total. The Bertz CT molecular complexity index is 1190. The average molecular weight is 608 g/mol. The van der Waals surface area contributed by atoms with E-state index >= 15 is 0 Å². The SMILES string of the molecule is CC(C)(C)OC(=O)N[C@@H](CC[C@H](O[Si](c1ccccc1)(c1ccccc1)C(C)(C)C)[C@@H](O)CO)COCc1ccccc1. The smallest absolute Gasteiger partial charge is 0.407 e. The lowest BCUT2D eigenvalue weighted by Gasteiger charge is -2.46. The summed E-state index contributed by atoms with van der Waals surface area (Å²) in [5, 5.41) is 26.0. The van der Waals surface area contributed by atoms with Gasteiger partial charge in [0, 0.05) is 0 Å². The highest BCUT2D eigenvalue weighted by atomic mass is 28.4. The van der Waals surface area contributed by atoms with Gasteiger partial charge in [-0.15, -0.1) is 0 Å². The number of rotatable bonds is 14. The lowest BCUT2D eigenvalue weighted by molar-refractivity contribution is -0.0131. The summed E-state index contributed by atoms with van der Waals surface area (Å²) in [4.78, 5) is 12.8. The Balaban J connectivity index is 1.90. The molecule has 0 bridgehead atoms. The summed E-state index contributed by atoms with van der Waals surface area (Å²) < 4.78 is 18.7. The van der Waals surface area contributed by atoms with Crippen LogP contribution in [0.25, 0.3) is 0 Å². The van der Waals surface area contributed by atoms with Gasteiger partial charge in [0.15, 0.2) is 0 Å². The summed E-state index contributed by atoms with van der Waals surface area (Å²) in [5.41, 5.74) is 0.378. The van der Waals surface area contributed by atoms with E-state index in [-0.39, 0.29) is 11.6 Å². The minimum absolute atomic E-state index is 0.245. The normalized spacial score (nSPS) is 14.5. The van der Waals surface area contributed by atoms with Crippen molar-refractivity contribution in [2.45, 2.75) is 89.9 Å². The van der Waals surface area contributed by atoms with Gasteiger partial charge in [0.05, 0.1) is 32.0 Å². The summed E-state index contributed by atoms with van der Waals surface area (Å²) in [7, 11) is -3.01. The maximum Gasteiger partial charge on any atom is 0.407 e. The zero-order valence-electron chi connectivity index (χ0n) is 26.5. The molecular weight excluding hydrogens is 558 g/mol. The van der Waals surface area contributed by atoms with Crippen molar-refractivity contribution < 1.29 is 28.9 Å². The van der Waals surface area contributed by atoms with Crippen molar-refractivity contribution in [2.75, 3.05) is 13.2 Å². The fourth-order valence-corrected chi connectivity index (χ4v) is 10.0. The first-order valence-corrected chi connectivity index (χ1v) is 17.0. The van der Waals surface area contributed by atoms with Crippen molar-refractivity contribution in [1.29, 1.82) is 0 Å². The summed E-state index contributed by atoms with van der Waals surface area (Å²) in [5.74, 6) is 0. The van der Waals surface area contributed by atoms with Crippen LogP contribution in [0.2, 0.25) is 5.04 Å². The van der Waals surface area contributed by atoms with Gasteiger partial charge in [-0.25, -0.2) is 4.79 Å². The van der Waals surface area contributed by atoms with E-state index in [0.717, 1.165) is 15.9 Å². The molecule has 0 spiro atoms. The van der Waals surface area contributed by atoms with Gasteiger partial charge in [-0.3, -0.25) is 0 Å². The van der Waals surface area contributed by atoms with Gasteiger partial charge in [-0.1, -0.05) is 112 Å². The Morgan fingerprint density at radius 3 is 1.79 bits per heavy atom. The van der Waals surface area contributed by atoms with Crippen LogP contribution in [0.3, 0.4) is 0 Å². The minimum atomic E-state index is -3.01. The van der Waals surface area contributed by atoms with Gasteiger partial charge in [-0.2, -0.15) is 0 Å². The summed E-state index contributed by atoms with van der Waals surface area (Å²) in [6.45, 7) is 12.2. The fourth-order valence-electron chi connectivity index (χ4n) is 5.30. The maximum atomic E-state index is 12.8. The molecule has 0 aliphatic rings. The van der Waals surface area contributed by atoms with Crippen LogP contribution in [0.4, 0.5) is 4.79 Å². The molecule has 3 aromatic carbocycles. The highest BCUT2D eigenvalue weighted by Gasteiger charge is 2.52. The van der Waals surface area contributed by atoms with Crippen molar-refractivity contribution in [2.24, 2.45) is 0 Å². The molecule has 0 unspecified atom stereocenters. The molecule has 0 aliphatic heterocycles. The van der Waals surface area contributed by atoms with E-state index in [1.54, 1.807) is 0 Å². The molecule has 3 N–H and O–H groups in total. The van der Waals surface area contributed by atoms with Crippen LogP contribution in [0, 0.1) is 0 Å². The molecule has 0 radical (unpaired) electrons. The van der Waals surface area contributed by atoms with Crippen molar-refractivity contribution in [1.82, 2.24) is 5.32 Å². The highest BCUT2D eigenvalue weighted by molar-refractivity contribution is 6.99. The largest absolute Gasteiger partial charge is 0.444 e. The van der Waals surface area contributed by atoms with E-state index in [4.69, 9.17) is 13.9 Å². The fraction of sp³-hybridized carbons (Fsp3) is 0.457. The number of carbonyl (C=O) groups excluding carboxylic acids is 1. The molecule has 43 heavy (non-hydrogen) atoms. The molecular formula is C35H49NO6Si. The Morgan fingerprint density at radius 1 is 0.814 bits per heavy atom. The second-order valence-electron chi connectivity index (χ2n) is 13.0. The highest BCUT2D eigenvalue weighted by Crippen LogP contribution is 2.38. The minimum Gasteiger partial charge on any atom is -0.444 e. The predicted molar refractivity (Wildman–Crippen MR) is 174 cm³/mol. The van der Waals surface area contributed by atoms with Crippen LogP contribution in [0.1, 0.15) is 59.9 Å². The van der Waals surface area contributed by atoms with E-state index in [2.05, 4.69) is 50.4 Å². The number of nitrogens with one attached hydrogen (secondary N) is 1. The lowest BCUT2D eigenvalue weighted by atomic mass is 10.0. The number of benzene rings is 3. The summed E-state index contributed by atoms with van der Waals surface area (Å²) in [6, 6.07) is 29.8. The van der Waals surface area contributed by atoms with Crippen LogP contribution in [-0.2, 0) is 20.5 Å². The molecule has 0 fully saturated rings. The number of alkyl carbamates (subject to hydrolysis) is 1. The molecule has 0 aromatic heterocycles. The Kier molecular flexibility index (Phi) is 12.5. The van der Waals surface area contributed by atoms with Gasteiger partial charge in [-0.05, 0) is 54.6 Å². The number of aliphatic hydroxyl groups is 2. The molecule has 0 aliphatic carbocycles. The summed E-state index contributed by atoms with van der Waals surface area (Å²) >= 11 is 0. The Labute approximate surface area is 258 Å². The van der Waals surface area contributed by atoms with E-state index in [0.29, 0.717) is 19.4 Å². The first-order valence-electron chi connectivity index (χ1n) is 15.0. The summed E-state index contributed by atoms with van der Waals surface area (Å²) in [6.07, 6.45) is -1.54. The first-order chi connectivity index (χ1) is 20.4. The molecule has 3 rings (SSSR count). The first kappa shape index (κ1) is 34.5. The lowest BCUT2D eigenvalue weighted by Crippen LogP contribution is -2.68. The third-order valence-electron chi connectivity index (χ3n) is 7.31. The van der Waals surface area contributed by atoms with Gasteiger partial charge >= 0.3 is 6.09 Å². The maximum absolute atomic E-state index is 12.8. The third kappa shape index (κ3) is 10.0. The number of aliphatic hydroxyl groups excluding tert-OH is 2. The van der Waals surface area contributed by atoms with Gasteiger partial charge in [0.1, 0.15) is 11.7 Å². The standard InChI is InChI=1S/C35H49NO6Si/c1-34(2,3)41-33(39)36-28(26-40-25-27-16-10-7-11-17-27)22-23-32(31(38)24-37)42-43(35(4,5)6,29-18-12-8-13-19-29)30-20-14-9-15-21-30/h7-21,28,31-32,37-38H,22-26H2,1-6H3,(H,36,39)/t28-,31-,32-/m0/s1. The second-order valence-corrected chi connectivity index (χ2v) is 17.2. The number of amides is 1. The van der Waals surface area contributed by atoms with Crippen LogP contribution < -0.4 is 15.7 Å². The molecule has 1 amide bonds. The zero-order chi connectivity index (χ0) is 31.5. The molecule has 8 heteroatoms. The molecule has 0 saturated heterocycles. The quantitative estimate of drug-likeness (QED) is 0.219.